The van der Waals surface area contributed by atoms with Gasteiger partial charge in [-0.1, -0.05) is 24.3 Å². The summed E-state index contributed by atoms with van der Waals surface area (Å²) in [5, 5.41) is 10.9. The predicted octanol–water partition coefficient (Wildman–Crippen LogP) is 2.49. The second kappa shape index (κ2) is 5.96. The first-order chi connectivity index (χ1) is 11.7. The summed E-state index contributed by atoms with van der Waals surface area (Å²) >= 11 is 0. The van der Waals surface area contributed by atoms with Crippen molar-refractivity contribution in [1.82, 2.24) is 15.1 Å². The van der Waals surface area contributed by atoms with E-state index >= 15 is 0 Å². The van der Waals surface area contributed by atoms with Gasteiger partial charge in [-0.25, -0.2) is 0 Å². The lowest BCUT2D eigenvalue weighted by atomic mass is 10.1. The van der Waals surface area contributed by atoms with Gasteiger partial charge in [0, 0.05) is 37.0 Å². The molecule has 0 bridgehead atoms. The SMILES string of the molecule is Cc1nnc(N2CCN(C(=O)c3ccco3)CC2)c2ccccc12. The Bertz CT molecular complexity index is 868. The number of carbonyl (C=O) groups excluding carboxylic acids is 1. The van der Waals surface area contributed by atoms with Crippen molar-refractivity contribution in [3.05, 3.63) is 54.1 Å². The van der Waals surface area contributed by atoms with Gasteiger partial charge in [0.2, 0.25) is 0 Å². The minimum absolute atomic E-state index is 0.0560. The highest BCUT2D eigenvalue weighted by atomic mass is 16.3. The van der Waals surface area contributed by atoms with Gasteiger partial charge in [0.15, 0.2) is 11.6 Å². The van der Waals surface area contributed by atoms with E-state index in [1.807, 2.05) is 24.0 Å². The number of nitrogens with zero attached hydrogens (tertiary/aromatic N) is 4. The summed E-state index contributed by atoms with van der Waals surface area (Å²) in [5.74, 6) is 1.23. The lowest BCUT2D eigenvalue weighted by Crippen LogP contribution is -2.49. The second-order valence-corrected chi connectivity index (χ2v) is 5.91. The zero-order valence-electron chi connectivity index (χ0n) is 13.5. The molecule has 3 aromatic rings. The van der Waals surface area contributed by atoms with Gasteiger partial charge in [-0.05, 0) is 19.1 Å². The van der Waals surface area contributed by atoms with Crippen LogP contribution in [0.15, 0.2) is 47.1 Å². The molecule has 1 saturated heterocycles. The van der Waals surface area contributed by atoms with Crippen LogP contribution in [0.2, 0.25) is 0 Å². The van der Waals surface area contributed by atoms with Crippen molar-refractivity contribution in [1.29, 1.82) is 0 Å². The normalized spacial score (nSPS) is 15.0. The number of aryl methyl sites for hydroxylation is 1. The van der Waals surface area contributed by atoms with Crippen LogP contribution in [-0.4, -0.2) is 47.2 Å². The number of rotatable bonds is 2. The number of anilines is 1. The highest BCUT2D eigenvalue weighted by Crippen LogP contribution is 2.26. The molecule has 3 heterocycles. The maximum absolute atomic E-state index is 12.3. The van der Waals surface area contributed by atoms with Gasteiger partial charge in [-0.3, -0.25) is 4.79 Å². The largest absolute Gasteiger partial charge is 0.459 e. The molecule has 1 aliphatic rings. The molecule has 2 aromatic heterocycles. The van der Waals surface area contributed by atoms with Gasteiger partial charge in [0.25, 0.3) is 5.91 Å². The Morgan fingerprint density at radius 1 is 1.00 bits per heavy atom. The Balaban J connectivity index is 1.54. The van der Waals surface area contributed by atoms with Crippen LogP contribution in [0.25, 0.3) is 10.8 Å². The number of aromatic nitrogens is 2. The number of fused-ring (bicyclic) bond motifs is 1. The third-order valence-corrected chi connectivity index (χ3v) is 4.45. The molecule has 0 spiro atoms. The molecule has 0 saturated carbocycles. The number of piperazine rings is 1. The highest BCUT2D eigenvalue weighted by Gasteiger charge is 2.25. The van der Waals surface area contributed by atoms with Crippen molar-refractivity contribution in [3.8, 4) is 0 Å². The topological polar surface area (TPSA) is 62.5 Å². The van der Waals surface area contributed by atoms with Crippen molar-refractivity contribution in [2.24, 2.45) is 0 Å². The Labute approximate surface area is 139 Å². The van der Waals surface area contributed by atoms with Crippen LogP contribution in [0.1, 0.15) is 16.2 Å². The summed E-state index contributed by atoms with van der Waals surface area (Å²) in [4.78, 5) is 16.4. The molecule has 1 amide bonds. The third kappa shape index (κ3) is 2.50. The summed E-state index contributed by atoms with van der Waals surface area (Å²) in [5.41, 5.74) is 0.931. The van der Waals surface area contributed by atoms with E-state index in [2.05, 4.69) is 27.2 Å². The molecule has 0 atom stereocenters. The fraction of sp³-hybridized carbons (Fsp3) is 0.278. The van der Waals surface area contributed by atoms with Crippen LogP contribution in [0.5, 0.6) is 0 Å². The molecule has 6 heteroatoms. The van der Waals surface area contributed by atoms with E-state index in [1.54, 1.807) is 12.1 Å². The molecule has 1 aromatic carbocycles. The van der Waals surface area contributed by atoms with Gasteiger partial charge in [-0.2, -0.15) is 5.10 Å². The molecular formula is C18H18N4O2. The molecule has 0 unspecified atom stereocenters. The number of hydrogen-bond acceptors (Lipinski definition) is 5. The summed E-state index contributed by atoms with van der Waals surface area (Å²) in [6.07, 6.45) is 1.53. The van der Waals surface area contributed by atoms with Gasteiger partial charge in [-0.15, -0.1) is 5.10 Å². The molecule has 0 radical (unpaired) electrons. The highest BCUT2D eigenvalue weighted by molar-refractivity contribution is 5.94. The van der Waals surface area contributed by atoms with Gasteiger partial charge in [0.1, 0.15) is 0 Å². The maximum atomic E-state index is 12.3. The van der Waals surface area contributed by atoms with Crippen molar-refractivity contribution in [2.45, 2.75) is 6.92 Å². The van der Waals surface area contributed by atoms with E-state index in [0.717, 1.165) is 35.4 Å². The first-order valence-electron chi connectivity index (χ1n) is 8.04. The molecule has 122 valence electrons. The van der Waals surface area contributed by atoms with Crippen LogP contribution in [0, 0.1) is 6.92 Å². The Morgan fingerprint density at radius 2 is 1.75 bits per heavy atom. The van der Waals surface area contributed by atoms with E-state index < -0.39 is 0 Å². The lowest BCUT2D eigenvalue weighted by Gasteiger charge is -2.35. The van der Waals surface area contributed by atoms with Crippen LogP contribution in [0.3, 0.4) is 0 Å². The van der Waals surface area contributed by atoms with Crippen molar-refractivity contribution >= 4 is 22.5 Å². The summed E-state index contributed by atoms with van der Waals surface area (Å²) in [6, 6.07) is 11.6. The standard InChI is InChI=1S/C18H18N4O2/c1-13-14-5-2-3-6-15(14)17(20-19-13)21-8-10-22(11-9-21)18(23)16-7-4-12-24-16/h2-7,12H,8-11H2,1H3. The molecule has 4 rings (SSSR count). The maximum Gasteiger partial charge on any atom is 0.289 e. The van der Waals surface area contributed by atoms with Crippen LogP contribution in [0.4, 0.5) is 5.82 Å². The van der Waals surface area contributed by atoms with Crippen LogP contribution in [-0.2, 0) is 0 Å². The van der Waals surface area contributed by atoms with E-state index in [-0.39, 0.29) is 5.91 Å². The van der Waals surface area contributed by atoms with Crippen LogP contribution >= 0.6 is 0 Å². The quantitative estimate of drug-likeness (QED) is 0.725. The Hall–Kier alpha value is -2.89. The number of hydrogen-bond donors (Lipinski definition) is 0. The van der Waals surface area contributed by atoms with Crippen molar-refractivity contribution < 1.29 is 9.21 Å². The van der Waals surface area contributed by atoms with E-state index in [9.17, 15) is 4.79 Å². The fourth-order valence-corrected chi connectivity index (χ4v) is 3.13. The molecule has 0 N–H and O–H groups in total. The monoisotopic (exact) mass is 322 g/mol. The number of carbonyl (C=O) groups is 1. The zero-order valence-corrected chi connectivity index (χ0v) is 13.5. The van der Waals surface area contributed by atoms with Crippen LogP contribution < -0.4 is 4.90 Å². The number of benzene rings is 1. The smallest absolute Gasteiger partial charge is 0.289 e. The second-order valence-electron chi connectivity index (χ2n) is 5.91. The lowest BCUT2D eigenvalue weighted by molar-refractivity contribution is 0.0714. The van der Waals surface area contributed by atoms with E-state index in [0.29, 0.717) is 18.8 Å². The number of furan rings is 1. The predicted molar refractivity (Wildman–Crippen MR) is 91.1 cm³/mol. The molecule has 24 heavy (non-hydrogen) atoms. The van der Waals surface area contributed by atoms with E-state index in [1.165, 1.54) is 6.26 Å². The minimum atomic E-state index is -0.0560. The molecule has 1 aliphatic heterocycles. The molecule has 1 fully saturated rings. The fourth-order valence-electron chi connectivity index (χ4n) is 3.13. The molecule has 6 nitrogen and oxygen atoms in total. The van der Waals surface area contributed by atoms with Crippen molar-refractivity contribution in [3.63, 3.8) is 0 Å². The van der Waals surface area contributed by atoms with Gasteiger partial charge >= 0.3 is 0 Å². The minimum Gasteiger partial charge on any atom is -0.459 e. The Kier molecular flexibility index (Phi) is 3.65. The number of amides is 1. The first-order valence-corrected chi connectivity index (χ1v) is 8.04. The Morgan fingerprint density at radius 3 is 2.46 bits per heavy atom. The zero-order chi connectivity index (χ0) is 16.5. The average Bonchev–Trinajstić information content (AvgIpc) is 3.17. The summed E-state index contributed by atoms with van der Waals surface area (Å²) in [6.45, 7) is 4.72. The molecular weight excluding hydrogens is 304 g/mol. The summed E-state index contributed by atoms with van der Waals surface area (Å²) < 4.78 is 5.20. The molecule has 0 aliphatic carbocycles. The van der Waals surface area contributed by atoms with E-state index in [4.69, 9.17) is 4.42 Å². The first kappa shape index (κ1) is 14.7. The van der Waals surface area contributed by atoms with Crippen molar-refractivity contribution in [2.75, 3.05) is 31.1 Å². The van der Waals surface area contributed by atoms with Gasteiger partial charge in [0.05, 0.1) is 12.0 Å². The summed E-state index contributed by atoms with van der Waals surface area (Å²) in [7, 11) is 0. The van der Waals surface area contributed by atoms with Gasteiger partial charge < -0.3 is 14.2 Å². The third-order valence-electron chi connectivity index (χ3n) is 4.45. The average molecular weight is 322 g/mol.